The lowest BCUT2D eigenvalue weighted by atomic mass is 9.99. The lowest BCUT2D eigenvalue weighted by Gasteiger charge is -2.08. The largest absolute Gasteiger partial charge is 0.481 e. The molecule has 0 saturated carbocycles. The molecule has 0 saturated heterocycles. The number of hydrogen-bond donors (Lipinski definition) is 1. The molecular weight excluding hydrogens is 232 g/mol. The van der Waals surface area contributed by atoms with Crippen LogP contribution < -0.4 is 0 Å². The summed E-state index contributed by atoms with van der Waals surface area (Å²) >= 11 is 3.37. The summed E-state index contributed by atoms with van der Waals surface area (Å²) in [5, 5.41) is 9.83. The maximum absolute atomic E-state index is 10.6. The van der Waals surface area contributed by atoms with E-state index in [1.54, 1.807) is 0 Å². The van der Waals surface area contributed by atoms with Crippen LogP contribution in [-0.2, 0) is 4.79 Å². The van der Waals surface area contributed by atoms with Crippen LogP contribution in [0.5, 0.6) is 0 Å². The molecule has 0 radical (unpaired) electrons. The zero-order valence-electron chi connectivity index (χ0n) is 8.26. The first-order valence-corrected chi connectivity index (χ1v) is 6.13. The van der Waals surface area contributed by atoms with Gasteiger partial charge in [-0.15, -0.1) is 0 Å². The Hall–Kier alpha value is -0.0500. The molecule has 1 N–H and O–H groups in total. The van der Waals surface area contributed by atoms with Crippen LogP contribution in [0.2, 0.25) is 0 Å². The number of unbranched alkanes of at least 4 members (excludes halogenated alkanes) is 3. The predicted octanol–water partition coefficient (Wildman–Crippen LogP) is 3.44. The fourth-order valence-corrected chi connectivity index (χ4v) is 1.74. The Balaban J connectivity index is 3.33. The van der Waals surface area contributed by atoms with E-state index in [1.165, 1.54) is 12.8 Å². The SMILES string of the molecule is CCC(CCCCCCBr)C(=O)O. The highest BCUT2D eigenvalue weighted by Crippen LogP contribution is 2.14. The third kappa shape index (κ3) is 7.05. The van der Waals surface area contributed by atoms with Gasteiger partial charge in [0, 0.05) is 5.33 Å². The highest BCUT2D eigenvalue weighted by Gasteiger charge is 2.13. The molecule has 0 aliphatic carbocycles. The summed E-state index contributed by atoms with van der Waals surface area (Å²) in [5.74, 6) is -0.757. The Morgan fingerprint density at radius 2 is 1.92 bits per heavy atom. The number of halogens is 1. The van der Waals surface area contributed by atoms with Crippen LogP contribution >= 0.6 is 15.9 Å². The van der Waals surface area contributed by atoms with Gasteiger partial charge >= 0.3 is 5.97 Å². The van der Waals surface area contributed by atoms with Crippen LogP contribution in [0.3, 0.4) is 0 Å². The van der Waals surface area contributed by atoms with Crippen LogP contribution in [0.15, 0.2) is 0 Å². The van der Waals surface area contributed by atoms with Gasteiger partial charge in [0.2, 0.25) is 0 Å². The molecule has 0 spiro atoms. The highest BCUT2D eigenvalue weighted by molar-refractivity contribution is 9.09. The van der Waals surface area contributed by atoms with Crippen molar-refractivity contribution in [3.8, 4) is 0 Å². The third-order valence-electron chi connectivity index (χ3n) is 2.28. The Kier molecular flexibility index (Phi) is 8.51. The van der Waals surface area contributed by atoms with E-state index in [9.17, 15) is 4.79 Å². The number of carbonyl (C=O) groups is 1. The van der Waals surface area contributed by atoms with Gasteiger partial charge in [0.15, 0.2) is 0 Å². The summed E-state index contributed by atoms with van der Waals surface area (Å²) < 4.78 is 0. The topological polar surface area (TPSA) is 37.3 Å². The van der Waals surface area contributed by atoms with Gasteiger partial charge in [0.05, 0.1) is 5.92 Å². The van der Waals surface area contributed by atoms with E-state index in [2.05, 4.69) is 15.9 Å². The van der Waals surface area contributed by atoms with Gasteiger partial charge in [-0.25, -0.2) is 0 Å². The molecule has 0 fully saturated rings. The molecule has 0 aromatic rings. The van der Waals surface area contributed by atoms with Gasteiger partial charge in [0.1, 0.15) is 0 Å². The first-order chi connectivity index (χ1) is 6.22. The predicted molar refractivity (Wildman–Crippen MR) is 58.3 cm³/mol. The molecule has 13 heavy (non-hydrogen) atoms. The van der Waals surface area contributed by atoms with Crippen molar-refractivity contribution >= 4 is 21.9 Å². The second-order valence-electron chi connectivity index (χ2n) is 3.34. The van der Waals surface area contributed by atoms with Crippen molar-refractivity contribution in [2.24, 2.45) is 5.92 Å². The van der Waals surface area contributed by atoms with Gasteiger partial charge in [-0.1, -0.05) is 42.1 Å². The molecule has 2 nitrogen and oxygen atoms in total. The monoisotopic (exact) mass is 250 g/mol. The Morgan fingerprint density at radius 3 is 2.38 bits per heavy atom. The summed E-state index contributed by atoms with van der Waals surface area (Å²) in [5.41, 5.74) is 0. The summed E-state index contributed by atoms with van der Waals surface area (Å²) in [6.07, 6.45) is 6.22. The zero-order valence-corrected chi connectivity index (χ0v) is 9.85. The van der Waals surface area contributed by atoms with Gasteiger partial charge in [-0.05, 0) is 19.3 Å². The average molecular weight is 251 g/mol. The number of carboxylic acid groups (broad SMARTS) is 1. The van der Waals surface area contributed by atoms with Crippen molar-refractivity contribution < 1.29 is 9.90 Å². The Morgan fingerprint density at radius 1 is 1.31 bits per heavy atom. The molecule has 0 aliphatic heterocycles. The van der Waals surface area contributed by atoms with E-state index in [4.69, 9.17) is 5.11 Å². The normalized spacial score (nSPS) is 12.8. The van der Waals surface area contributed by atoms with E-state index in [0.29, 0.717) is 0 Å². The van der Waals surface area contributed by atoms with Gasteiger partial charge in [-0.2, -0.15) is 0 Å². The molecular formula is C10H19BrO2. The summed E-state index contributed by atoms with van der Waals surface area (Å²) in [7, 11) is 0. The molecule has 0 bridgehead atoms. The molecule has 0 heterocycles. The summed E-state index contributed by atoms with van der Waals surface area (Å²) in [6, 6.07) is 0. The quantitative estimate of drug-likeness (QED) is 0.530. The minimum atomic E-state index is -0.636. The first kappa shape index (κ1) is 12.9. The molecule has 0 amide bonds. The van der Waals surface area contributed by atoms with Crippen molar-refractivity contribution in [3.05, 3.63) is 0 Å². The fourth-order valence-electron chi connectivity index (χ4n) is 1.34. The molecule has 0 aromatic heterocycles. The second-order valence-corrected chi connectivity index (χ2v) is 4.13. The molecule has 78 valence electrons. The molecule has 1 atom stereocenters. The third-order valence-corrected chi connectivity index (χ3v) is 2.84. The standard InChI is InChI=1S/C10H19BrO2/c1-2-9(10(12)13)7-5-3-4-6-8-11/h9H,2-8H2,1H3,(H,12,13). The van der Waals surface area contributed by atoms with Crippen molar-refractivity contribution in [2.45, 2.75) is 45.4 Å². The maximum atomic E-state index is 10.6. The highest BCUT2D eigenvalue weighted by atomic mass is 79.9. The zero-order chi connectivity index (χ0) is 10.1. The van der Waals surface area contributed by atoms with Crippen molar-refractivity contribution in [3.63, 3.8) is 0 Å². The van der Waals surface area contributed by atoms with Crippen LogP contribution in [0, 0.1) is 5.92 Å². The molecule has 0 aromatic carbocycles. The van der Waals surface area contributed by atoms with Crippen molar-refractivity contribution in [1.29, 1.82) is 0 Å². The van der Waals surface area contributed by atoms with Crippen LogP contribution in [0.25, 0.3) is 0 Å². The average Bonchev–Trinajstić information content (AvgIpc) is 2.10. The minimum Gasteiger partial charge on any atom is -0.481 e. The van der Waals surface area contributed by atoms with E-state index >= 15 is 0 Å². The number of carboxylic acids is 1. The Labute approximate surface area is 88.8 Å². The second kappa shape index (κ2) is 8.54. The number of alkyl halides is 1. The molecule has 1 unspecified atom stereocenters. The van der Waals surface area contributed by atoms with Gasteiger partial charge in [-0.3, -0.25) is 4.79 Å². The lowest BCUT2D eigenvalue weighted by molar-refractivity contribution is -0.142. The van der Waals surface area contributed by atoms with E-state index < -0.39 is 5.97 Å². The number of aliphatic carboxylic acids is 1. The molecule has 3 heteroatoms. The van der Waals surface area contributed by atoms with E-state index in [0.717, 1.165) is 31.0 Å². The van der Waals surface area contributed by atoms with Gasteiger partial charge < -0.3 is 5.11 Å². The van der Waals surface area contributed by atoms with Crippen LogP contribution in [0.4, 0.5) is 0 Å². The number of hydrogen-bond acceptors (Lipinski definition) is 1. The van der Waals surface area contributed by atoms with Crippen LogP contribution in [0.1, 0.15) is 45.4 Å². The fraction of sp³-hybridized carbons (Fsp3) is 0.900. The Bertz CT molecular complexity index is 137. The molecule has 0 aliphatic rings. The van der Waals surface area contributed by atoms with Crippen molar-refractivity contribution in [2.75, 3.05) is 5.33 Å². The van der Waals surface area contributed by atoms with Crippen molar-refractivity contribution in [1.82, 2.24) is 0 Å². The van der Waals surface area contributed by atoms with E-state index in [1.807, 2.05) is 6.92 Å². The summed E-state index contributed by atoms with van der Waals surface area (Å²) in [4.78, 5) is 10.6. The lowest BCUT2D eigenvalue weighted by Crippen LogP contribution is -2.12. The molecule has 0 rings (SSSR count). The maximum Gasteiger partial charge on any atom is 0.306 e. The van der Waals surface area contributed by atoms with Crippen LogP contribution in [-0.4, -0.2) is 16.4 Å². The number of rotatable bonds is 8. The van der Waals surface area contributed by atoms with E-state index in [-0.39, 0.29) is 5.92 Å². The smallest absolute Gasteiger partial charge is 0.306 e. The van der Waals surface area contributed by atoms with Gasteiger partial charge in [0.25, 0.3) is 0 Å². The first-order valence-electron chi connectivity index (χ1n) is 5.01. The summed E-state index contributed by atoms with van der Waals surface area (Å²) in [6.45, 7) is 1.94. The minimum absolute atomic E-state index is 0.121.